The first-order chi connectivity index (χ1) is 23.9. The second-order valence-electron chi connectivity index (χ2n) is 11.3. The summed E-state index contributed by atoms with van der Waals surface area (Å²) in [5.74, 6) is -5.34. The number of carbonyl (C=O) groups is 1. The van der Waals surface area contributed by atoms with Gasteiger partial charge in [0.1, 0.15) is 12.3 Å². The van der Waals surface area contributed by atoms with Crippen molar-refractivity contribution < 1.29 is 56.7 Å². The predicted molar refractivity (Wildman–Crippen MR) is 203 cm³/mol. The number of aliphatic hydroxyl groups is 1. The summed E-state index contributed by atoms with van der Waals surface area (Å²) in [6.07, 6.45) is -6.45. The van der Waals surface area contributed by atoms with Crippen LogP contribution in [0.15, 0.2) is 163 Å². The Morgan fingerprint density at radius 3 is 1.00 bits per heavy atom. The van der Waals surface area contributed by atoms with Crippen LogP contribution >= 0.6 is 23.8 Å². The van der Waals surface area contributed by atoms with E-state index >= 15 is 0 Å². The number of halogens is 6. The monoisotopic (exact) mass is 851 g/mol. The molecule has 0 atom stereocenters. The molecule has 0 heterocycles. The Bertz CT molecular complexity index is 1600. The predicted octanol–water partition coefficient (Wildman–Crippen LogP) is 8.38. The Labute approximate surface area is 311 Å². The fourth-order valence-electron chi connectivity index (χ4n) is 5.40. The van der Waals surface area contributed by atoms with Gasteiger partial charge in [-0.2, -0.15) is 26.3 Å². The molecule has 0 saturated heterocycles. The Morgan fingerprint density at radius 1 is 0.471 bits per heavy atom. The molecule has 0 bridgehead atoms. The summed E-state index contributed by atoms with van der Waals surface area (Å²) < 4.78 is 68.1. The van der Waals surface area contributed by atoms with Crippen LogP contribution in [0.1, 0.15) is 0 Å². The zero-order valence-corrected chi connectivity index (χ0v) is 31.8. The van der Waals surface area contributed by atoms with Crippen molar-refractivity contribution in [3.63, 3.8) is 0 Å². The molecule has 0 aliphatic carbocycles. The molecule has 12 heteroatoms. The van der Waals surface area contributed by atoms with Crippen molar-refractivity contribution in [1.82, 2.24) is 0 Å². The number of carbonyl (C=O) groups excluding carboxylic acids is 1. The first-order valence-electron chi connectivity index (χ1n) is 15.9. The van der Waals surface area contributed by atoms with E-state index in [-0.39, 0.29) is 20.4 Å². The molecule has 0 radical (unpaired) electrons. The van der Waals surface area contributed by atoms with Crippen molar-refractivity contribution in [3.8, 4) is 0 Å². The molecule has 2 nitrogen and oxygen atoms in total. The van der Waals surface area contributed by atoms with Gasteiger partial charge < -0.3 is 5.11 Å². The largest absolute Gasteiger partial charge is 0.504 e. The molecule has 0 aliphatic heterocycles. The van der Waals surface area contributed by atoms with Crippen LogP contribution in [-0.2, 0) is 25.2 Å². The van der Waals surface area contributed by atoms with Crippen LogP contribution in [0.2, 0.25) is 0 Å². The average Bonchev–Trinajstić information content (AvgIpc) is 3.12. The first-order valence-corrected chi connectivity index (χ1v) is 21.2. The molecule has 0 aliphatic rings. The molecule has 5 aromatic carbocycles. The summed E-state index contributed by atoms with van der Waals surface area (Å²) in [6.45, 7) is 0. The first kappa shape index (κ1) is 42.3. The summed E-state index contributed by atoms with van der Waals surface area (Å²) in [4.78, 5) is 9.86. The average molecular weight is 852 g/mol. The Kier molecular flexibility index (Phi) is 17.2. The number of ketones is 1. The van der Waals surface area contributed by atoms with Gasteiger partial charge in [-0.1, -0.05) is 91.0 Å². The van der Waals surface area contributed by atoms with Gasteiger partial charge in [0, 0.05) is 34.4 Å². The Hall–Kier alpha value is -3.16. The van der Waals surface area contributed by atoms with Crippen molar-refractivity contribution >= 4 is 56.1 Å². The van der Waals surface area contributed by atoms with Crippen LogP contribution in [0.4, 0.5) is 26.3 Å². The zero-order chi connectivity index (χ0) is 36.0. The van der Waals surface area contributed by atoms with Crippen molar-refractivity contribution in [2.45, 2.75) is 12.4 Å². The topological polar surface area (TPSA) is 37.3 Å². The van der Waals surface area contributed by atoms with Gasteiger partial charge in [-0.3, -0.25) is 4.79 Å². The normalized spacial score (nSPS) is 11.9. The Balaban J connectivity index is 0.000000430. The number of benzene rings is 5. The maximum Gasteiger partial charge on any atom is 0.454 e. The van der Waals surface area contributed by atoms with Gasteiger partial charge in [0.25, 0.3) is 5.78 Å². The summed E-state index contributed by atoms with van der Waals surface area (Å²) in [7, 11) is -2.31. The van der Waals surface area contributed by atoms with E-state index in [4.69, 9.17) is 5.11 Å². The van der Waals surface area contributed by atoms with Gasteiger partial charge >= 0.3 is 12.4 Å². The van der Waals surface area contributed by atoms with Gasteiger partial charge in [0.15, 0.2) is 0 Å². The molecule has 0 unspecified atom stereocenters. The Morgan fingerprint density at radius 2 is 0.745 bits per heavy atom. The molecule has 0 amide bonds. The van der Waals surface area contributed by atoms with Crippen molar-refractivity contribution in [2.75, 3.05) is 24.6 Å². The summed E-state index contributed by atoms with van der Waals surface area (Å²) >= 11 is 0. The molecule has 0 aromatic heterocycles. The fraction of sp³-hybridized carbons (Fsp3) is 0.154. The molecule has 0 fully saturated rings. The number of hydrogen-bond acceptors (Lipinski definition) is 2. The van der Waals surface area contributed by atoms with Crippen LogP contribution in [-0.4, -0.2) is 47.9 Å². The van der Waals surface area contributed by atoms with E-state index in [0.29, 0.717) is 0 Å². The molecule has 51 heavy (non-hydrogen) atoms. The molecule has 5 rings (SSSR count). The molecule has 0 saturated carbocycles. The molecular weight excluding hydrogens is 814 g/mol. The van der Waals surface area contributed by atoms with Crippen LogP contribution < -0.4 is 26.5 Å². The molecule has 1 N–H and O–H groups in total. The number of rotatable bonds is 12. The second kappa shape index (κ2) is 20.8. The van der Waals surface area contributed by atoms with E-state index in [9.17, 15) is 31.1 Å². The third-order valence-electron chi connectivity index (χ3n) is 7.86. The third-order valence-corrected chi connectivity index (χ3v) is 17.3. The minimum absolute atomic E-state index is 0. The third kappa shape index (κ3) is 13.7. The van der Waals surface area contributed by atoms with Gasteiger partial charge in [-0.15, -0.1) is 0 Å². The van der Waals surface area contributed by atoms with Gasteiger partial charge in [-0.05, 0) is 60.7 Å². The van der Waals surface area contributed by atoms with E-state index < -0.39 is 53.7 Å². The number of hydrogen-bond donors (Lipinski definition) is 1. The summed E-state index contributed by atoms with van der Waals surface area (Å²) in [5.41, 5.74) is 0. The van der Waals surface area contributed by atoms with E-state index in [1.165, 1.54) is 45.9 Å². The SMILES string of the molecule is O=C(C=C(O)C(F)(F)F)C(F)(F)F.[Pd].c1ccc([PH+](CC[PH+](c2ccccc2)c2ccccc2)CC[PH+](c2ccccc2)c2ccccc2)cc1. The van der Waals surface area contributed by atoms with E-state index in [1.807, 2.05) is 0 Å². The number of allylic oxidation sites excluding steroid dienone is 2. The quantitative estimate of drug-likeness (QED) is 0.0451. The molecule has 5 aromatic rings. The van der Waals surface area contributed by atoms with Gasteiger partial charge in [0.2, 0.25) is 5.76 Å². The van der Waals surface area contributed by atoms with Gasteiger partial charge in [0.05, 0.1) is 54.7 Å². The van der Waals surface area contributed by atoms with Crippen LogP contribution in [0, 0.1) is 0 Å². The fourth-order valence-corrected chi connectivity index (χ4v) is 15.5. The summed E-state index contributed by atoms with van der Waals surface area (Å²) in [5, 5.41) is 15.7. The zero-order valence-electron chi connectivity index (χ0n) is 27.3. The van der Waals surface area contributed by atoms with E-state index in [2.05, 4.69) is 152 Å². The van der Waals surface area contributed by atoms with E-state index in [0.717, 1.165) is 0 Å². The standard InChI is InChI=1S/C34H33P3.C5H2F6O2.Pd/c1-6-16-30(17-7-1)35(26-28-36(31-18-8-2-9-19-31)32-20-10-3-11-21-32)27-29-37(33-22-12-4-13-23-33)34-24-14-5-15-25-34;6-4(7,8)2(12)1-3(13)5(9,10)11;/h1-25H,26-29H2;1,12H;/p+3. The molecule has 0 spiro atoms. The smallest absolute Gasteiger partial charge is 0.454 e. The maximum absolute atomic E-state index is 11.4. The minimum Gasteiger partial charge on any atom is -0.504 e. The maximum atomic E-state index is 11.4. The van der Waals surface area contributed by atoms with Crippen molar-refractivity contribution in [2.24, 2.45) is 0 Å². The second-order valence-corrected chi connectivity index (χ2v) is 19.3. The van der Waals surface area contributed by atoms with Crippen LogP contribution in [0.25, 0.3) is 0 Å². The number of alkyl halides is 6. The number of aliphatic hydroxyl groups excluding tert-OH is 1. The van der Waals surface area contributed by atoms with E-state index in [1.54, 1.807) is 5.30 Å². The van der Waals surface area contributed by atoms with Crippen LogP contribution in [0.3, 0.4) is 0 Å². The molecular formula is C39H38F6O2P3Pd+3. The minimum atomic E-state index is -5.42. The van der Waals surface area contributed by atoms with Crippen LogP contribution in [0.5, 0.6) is 0 Å². The van der Waals surface area contributed by atoms with Crippen molar-refractivity contribution in [3.05, 3.63) is 163 Å². The molecule has 270 valence electrons. The van der Waals surface area contributed by atoms with Gasteiger partial charge in [-0.25, -0.2) is 0 Å². The summed E-state index contributed by atoms with van der Waals surface area (Å²) in [6, 6.07) is 56.5. The van der Waals surface area contributed by atoms with Crippen molar-refractivity contribution in [1.29, 1.82) is 0 Å².